The molecular weight excluding hydrogens is 332 g/mol. The Kier molecular flexibility index (Phi) is 5.63. The quantitative estimate of drug-likeness (QED) is 0.742. The van der Waals surface area contributed by atoms with E-state index in [-0.39, 0.29) is 24.2 Å². The molecule has 1 aromatic carbocycles. The number of imide groups is 1. The van der Waals surface area contributed by atoms with Crippen LogP contribution in [0.2, 0.25) is 0 Å². The highest BCUT2D eigenvalue weighted by Gasteiger charge is 2.30. The Hall–Kier alpha value is -2.73. The van der Waals surface area contributed by atoms with Gasteiger partial charge in [-0.05, 0) is 42.7 Å². The lowest BCUT2D eigenvalue weighted by Crippen LogP contribution is -2.22. The Morgan fingerprint density at radius 2 is 2.00 bits per heavy atom. The minimum Gasteiger partial charge on any atom is -0.493 e. The Morgan fingerprint density at radius 1 is 1.23 bits per heavy atom. The minimum atomic E-state index is -0.514. The monoisotopic (exact) mass is 354 g/mol. The van der Waals surface area contributed by atoms with Crippen LogP contribution in [0, 0.1) is 5.92 Å². The van der Waals surface area contributed by atoms with E-state index in [2.05, 4.69) is 10.3 Å². The summed E-state index contributed by atoms with van der Waals surface area (Å²) in [5.74, 6) is 0.0886. The summed E-state index contributed by atoms with van der Waals surface area (Å²) in [5, 5.41) is 11.8. The van der Waals surface area contributed by atoms with Crippen LogP contribution in [-0.4, -0.2) is 28.5 Å². The van der Waals surface area contributed by atoms with Crippen molar-refractivity contribution in [2.24, 2.45) is 5.92 Å². The summed E-state index contributed by atoms with van der Waals surface area (Å²) in [6.07, 6.45) is 2.65. The van der Waals surface area contributed by atoms with Crippen LogP contribution >= 0.6 is 0 Å². The van der Waals surface area contributed by atoms with E-state index < -0.39 is 6.10 Å². The van der Waals surface area contributed by atoms with Gasteiger partial charge in [0.2, 0.25) is 11.8 Å². The summed E-state index contributed by atoms with van der Waals surface area (Å²) in [5.41, 5.74) is 2.70. The number of carbonyl (C=O) groups is 2. The van der Waals surface area contributed by atoms with E-state index in [0.29, 0.717) is 19.4 Å². The summed E-state index contributed by atoms with van der Waals surface area (Å²) in [7, 11) is 0. The first kappa shape index (κ1) is 18.1. The molecule has 2 atom stereocenters. The Labute approximate surface area is 152 Å². The highest BCUT2D eigenvalue weighted by atomic mass is 16.5. The van der Waals surface area contributed by atoms with Crippen LogP contribution in [0.4, 0.5) is 0 Å². The molecule has 6 nitrogen and oxygen atoms in total. The second-order valence-corrected chi connectivity index (χ2v) is 6.52. The lowest BCUT2D eigenvalue weighted by Gasteiger charge is -2.09. The molecule has 1 aliphatic rings. The Morgan fingerprint density at radius 3 is 2.58 bits per heavy atom. The molecule has 2 amide bonds. The molecule has 0 saturated carbocycles. The predicted octanol–water partition coefficient (Wildman–Crippen LogP) is 1.96. The van der Waals surface area contributed by atoms with Gasteiger partial charge in [-0.15, -0.1) is 0 Å². The minimum absolute atomic E-state index is 0.190. The zero-order chi connectivity index (χ0) is 18.5. The van der Waals surface area contributed by atoms with Gasteiger partial charge in [-0.1, -0.05) is 18.2 Å². The highest BCUT2D eigenvalue weighted by molar-refractivity contribution is 6.03. The molecule has 26 heavy (non-hydrogen) atoms. The molecule has 1 aromatic heterocycles. The van der Waals surface area contributed by atoms with Gasteiger partial charge in [0.15, 0.2) is 0 Å². The van der Waals surface area contributed by atoms with Crippen molar-refractivity contribution < 1.29 is 19.4 Å². The van der Waals surface area contributed by atoms with Crippen LogP contribution in [-0.2, 0) is 22.4 Å². The van der Waals surface area contributed by atoms with E-state index in [1.165, 1.54) is 0 Å². The smallest absolute Gasteiger partial charge is 0.230 e. The van der Waals surface area contributed by atoms with Crippen molar-refractivity contribution in [1.29, 1.82) is 0 Å². The number of aliphatic hydroxyl groups is 1. The average Bonchev–Trinajstić information content (AvgIpc) is 2.94. The van der Waals surface area contributed by atoms with Crippen LogP contribution < -0.4 is 10.1 Å². The molecule has 2 heterocycles. The fourth-order valence-electron chi connectivity index (χ4n) is 2.88. The highest BCUT2D eigenvalue weighted by Crippen LogP contribution is 2.20. The van der Waals surface area contributed by atoms with Crippen molar-refractivity contribution in [2.45, 2.75) is 32.3 Å². The van der Waals surface area contributed by atoms with E-state index >= 15 is 0 Å². The number of nitrogens with one attached hydrogen (secondary N) is 1. The first-order valence-corrected chi connectivity index (χ1v) is 8.69. The summed E-state index contributed by atoms with van der Waals surface area (Å²) in [4.78, 5) is 27.2. The Balaban J connectivity index is 1.47. The number of aromatic nitrogens is 1. The average molecular weight is 354 g/mol. The molecule has 3 rings (SSSR count). The third kappa shape index (κ3) is 4.67. The molecule has 0 spiro atoms. The molecule has 1 saturated heterocycles. The van der Waals surface area contributed by atoms with Gasteiger partial charge in [-0.3, -0.25) is 19.9 Å². The number of pyridine rings is 1. The summed E-state index contributed by atoms with van der Waals surface area (Å²) in [6, 6.07) is 11.3. The normalized spacial score (nSPS) is 17.8. The number of hydrogen-bond donors (Lipinski definition) is 2. The number of benzene rings is 1. The molecule has 0 radical (unpaired) electrons. The molecular formula is C20H22N2O4. The van der Waals surface area contributed by atoms with Crippen LogP contribution in [0.3, 0.4) is 0 Å². The summed E-state index contributed by atoms with van der Waals surface area (Å²) < 4.78 is 5.73. The standard InChI is InChI=1S/C20H22N2O4/c1-13(23)15-4-5-17(21-12-15)8-9-26-18-6-2-14(3-7-18)10-16-11-19(24)22-20(16)25/h2-7,12-13,16,23H,8-11H2,1H3,(H,22,24,25). The summed E-state index contributed by atoms with van der Waals surface area (Å²) >= 11 is 0. The van der Waals surface area contributed by atoms with E-state index in [9.17, 15) is 14.7 Å². The SMILES string of the molecule is CC(O)c1ccc(CCOc2ccc(CC3CC(=O)NC3=O)cc2)nc1. The molecule has 2 N–H and O–H groups in total. The van der Waals surface area contributed by atoms with Crippen molar-refractivity contribution in [3.8, 4) is 5.75 Å². The van der Waals surface area contributed by atoms with Gasteiger partial charge in [0.05, 0.1) is 18.6 Å². The molecule has 2 unspecified atom stereocenters. The van der Waals surface area contributed by atoms with E-state index in [1.807, 2.05) is 36.4 Å². The second-order valence-electron chi connectivity index (χ2n) is 6.52. The number of nitrogens with zero attached hydrogens (tertiary/aromatic N) is 1. The number of aliphatic hydroxyl groups excluding tert-OH is 1. The lowest BCUT2D eigenvalue weighted by molar-refractivity contribution is -0.125. The zero-order valence-electron chi connectivity index (χ0n) is 14.6. The van der Waals surface area contributed by atoms with Crippen molar-refractivity contribution in [3.63, 3.8) is 0 Å². The van der Waals surface area contributed by atoms with Gasteiger partial charge in [0.1, 0.15) is 5.75 Å². The van der Waals surface area contributed by atoms with Gasteiger partial charge < -0.3 is 9.84 Å². The number of amides is 2. The molecule has 1 fully saturated rings. The van der Waals surface area contributed by atoms with Crippen LogP contribution in [0.25, 0.3) is 0 Å². The predicted molar refractivity (Wildman–Crippen MR) is 95.5 cm³/mol. The van der Waals surface area contributed by atoms with E-state index in [4.69, 9.17) is 4.74 Å². The van der Waals surface area contributed by atoms with Gasteiger partial charge in [-0.2, -0.15) is 0 Å². The maximum absolute atomic E-state index is 11.6. The van der Waals surface area contributed by atoms with Crippen molar-refractivity contribution >= 4 is 11.8 Å². The number of carbonyl (C=O) groups excluding carboxylic acids is 2. The fraction of sp³-hybridized carbons (Fsp3) is 0.350. The number of hydrogen-bond acceptors (Lipinski definition) is 5. The number of ether oxygens (including phenoxy) is 1. The van der Waals surface area contributed by atoms with Crippen molar-refractivity contribution in [3.05, 3.63) is 59.4 Å². The molecule has 2 aromatic rings. The third-order valence-corrected chi connectivity index (χ3v) is 4.43. The van der Waals surface area contributed by atoms with Gasteiger partial charge in [0, 0.05) is 24.7 Å². The molecule has 1 aliphatic heterocycles. The van der Waals surface area contributed by atoms with Crippen molar-refractivity contribution in [1.82, 2.24) is 10.3 Å². The first-order valence-electron chi connectivity index (χ1n) is 8.69. The molecule has 136 valence electrons. The lowest BCUT2D eigenvalue weighted by atomic mass is 9.98. The van der Waals surface area contributed by atoms with E-state index in [0.717, 1.165) is 22.6 Å². The van der Waals surface area contributed by atoms with E-state index in [1.54, 1.807) is 13.1 Å². The summed E-state index contributed by atoms with van der Waals surface area (Å²) in [6.45, 7) is 2.21. The molecule has 0 bridgehead atoms. The Bertz CT molecular complexity index is 769. The van der Waals surface area contributed by atoms with Crippen molar-refractivity contribution in [2.75, 3.05) is 6.61 Å². The van der Waals surface area contributed by atoms with Gasteiger partial charge >= 0.3 is 0 Å². The largest absolute Gasteiger partial charge is 0.493 e. The maximum atomic E-state index is 11.6. The third-order valence-electron chi connectivity index (χ3n) is 4.43. The van der Waals surface area contributed by atoms with Gasteiger partial charge in [-0.25, -0.2) is 0 Å². The molecule has 6 heteroatoms. The fourth-order valence-corrected chi connectivity index (χ4v) is 2.88. The number of rotatable bonds is 7. The topological polar surface area (TPSA) is 88.5 Å². The van der Waals surface area contributed by atoms with Crippen LogP contribution in [0.1, 0.15) is 36.3 Å². The molecule has 0 aliphatic carbocycles. The maximum Gasteiger partial charge on any atom is 0.230 e. The first-order chi connectivity index (χ1) is 12.5. The zero-order valence-corrected chi connectivity index (χ0v) is 14.6. The van der Waals surface area contributed by atoms with Gasteiger partial charge in [0.25, 0.3) is 0 Å². The second kappa shape index (κ2) is 8.10. The van der Waals surface area contributed by atoms with Crippen LogP contribution in [0.15, 0.2) is 42.6 Å². The van der Waals surface area contributed by atoms with Crippen LogP contribution in [0.5, 0.6) is 5.75 Å².